The van der Waals surface area contributed by atoms with E-state index in [1.54, 1.807) is 0 Å². The summed E-state index contributed by atoms with van der Waals surface area (Å²) in [4.78, 5) is 12.9. The summed E-state index contributed by atoms with van der Waals surface area (Å²) in [7, 11) is 0. The number of hydrogen-bond donors (Lipinski definition) is 0. The smallest absolute Gasteiger partial charge is 0.339 e. The van der Waals surface area contributed by atoms with Crippen molar-refractivity contribution >= 4 is 29.0 Å². The molecule has 1 aromatic carbocycles. The Hall–Kier alpha value is -1.87. The molecule has 0 atom stereocenters. The van der Waals surface area contributed by atoms with Gasteiger partial charge in [-0.05, 0) is 30.0 Å². The zero-order chi connectivity index (χ0) is 12.8. The Morgan fingerprint density at radius 3 is 2.61 bits per heavy atom. The number of hydrogen-bond acceptors (Lipinski definition) is 3. The van der Waals surface area contributed by atoms with Crippen molar-refractivity contribution in [3.05, 3.63) is 58.3 Å². The molecule has 0 aliphatic heterocycles. The number of ether oxygens (including phenoxy) is 1. The normalized spacial score (nSPS) is 11.3. The van der Waals surface area contributed by atoms with Gasteiger partial charge in [-0.3, -0.25) is 0 Å². The Balaban J connectivity index is 2.37. The van der Waals surface area contributed by atoms with Crippen LogP contribution in [-0.4, -0.2) is 12.6 Å². The van der Waals surface area contributed by atoms with Gasteiger partial charge >= 0.3 is 5.97 Å². The topological polar surface area (TPSA) is 26.3 Å². The largest absolute Gasteiger partial charge is 0.462 e. The van der Waals surface area contributed by atoms with Crippen LogP contribution in [0.15, 0.2) is 47.8 Å². The van der Waals surface area contributed by atoms with Crippen LogP contribution >= 0.6 is 11.3 Å². The van der Waals surface area contributed by atoms with Crippen LogP contribution in [0, 0.1) is 0 Å². The van der Waals surface area contributed by atoms with Crippen LogP contribution in [0.2, 0.25) is 0 Å². The number of rotatable bonds is 4. The van der Waals surface area contributed by atoms with Crippen LogP contribution in [0.4, 0.5) is 0 Å². The minimum Gasteiger partial charge on any atom is -0.462 e. The number of benzene rings is 1. The molecule has 0 saturated carbocycles. The first-order valence-corrected chi connectivity index (χ1v) is 6.67. The summed E-state index contributed by atoms with van der Waals surface area (Å²) in [5.74, 6) is -0.274. The summed E-state index contributed by atoms with van der Waals surface area (Å²) in [5, 5.41) is 1.95. The molecular formula is C15H14O2S. The lowest BCUT2D eigenvalue weighted by Gasteiger charge is -2.05. The predicted octanol–water partition coefficient (Wildman–Crippen LogP) is 3.85. The second-order valence-corrected chi connectivity index (χ2v) is 4.61. The fourth-order valence-corrected chi connectivity index (χ4v) is 2.32. The van der Waals surface area contributed by atoms with Gasteiger partial charge in [-0.15, -0.1) is 11.3 Å². The van der Waals surface area contributed by atoms with Gasteiger partial charge in [0.2, 0.25) is 0 Å². The molecule has 3 heteroatoms. The molecular weight excluding hydrogens is 244 g/mol. The second kappa shape index (κ2) is 6.17. The molecule has 2 nitrogen and oxygen atoms in total. The Labute approximate surface area is 111 Å². The first-order chi connectivity index (χ1) is 8.81. The maximum Gasteiger partial charge on any atom is 0.339 e. The fourth-order valence-electron chi connectivity index (χ4n) is 1.59. The lowest BCUT2D eigenvalue weighted by Crippen LogP contribution is -2.05. The van der Waals surface area contributed by atoms with Gasteiger partial charge in [0, 0.05) is 4.88 Å². The van der Waals surface area contributed by atoms with E-state index in [4.69, 9.17) is 4.74 Å². The van der Waals surface area contributed by atoms with Crippen molar-refractivity contribution in [3.63, 3.8) is 0 Å². The van der Waals surface area contributed by atoms with E-state index in [-0.39, 0.29) is 5.97 Å². The van der Waals surface area contributed by atoms with Gasteiger partial charge in [0.1, 0.15) is 0 Å². The van der Waals surface area contributed by atoms with E-state index in [0.717, 1.165) is 10.4 Å². The molecule has 0 unspecified atom stereocenters. The second-order valence-electron chi connectivity index (χ2n) is 3.67. The summed E-state index contributed by atoms with van der Waals surface area (Å²) in [6.07, 6.45) is 1.86. The molecule has 0 amide bonds. The molecule has 0 fully saturated rings. The van der Waals surface area contributed by atoms with Crippen molar-refractivity contribution < 1.29 is 9.53 Å². The number of thiophene rings is 1. The van der Waals surface area contributed by atoms with Crippen LogP contribution in [0.1, 0.15) is 17.4 Å². The van der Waals surface area contributed by atoms with Gasteiger partial charge in [0.25, 0.3) is 0 Å². The molecule has 0 N–H and O–H groups in total. The number of esters is 1. The third kappa shape index (κ3) is 3.08. The van der Waals surface area contributed by atoms with Crippen LogP contribution in [-0.2, 0) is 9.53 Å². The molecule has 0 aliphatic carbocycles. The minimum absolute atomic E-state index is 0.274. The summed E-state index contributed by atoms with van der Waals surface area (Å²) in [6.45, 7) is 2.20. The quantitative estimate of drug-likeness (QED) is 0.615. The highest BCUT2D eigenvalue weighted by Gasteiger charge is 2.13. The van der Waals surface area contributed by atoms with Gasteiger partial charge in [-0.25, -0.2) is 4.79 Å². The highest BCUT2D eigenvalue weighted by atomic mass is 32.1. The zero-order valence-electron chi connectivity index (χ0n) is 10.1. The number of carbonyl (C=O) groups is 1. The van der Waals surface area contributed by atoms with Crippen molar-refractivity contribution in [1.82, 2.24) is 0 Å². The minimum atomic E-state index is -0.274. The van der Waals surface area contributed by atoms with E-state index >= 15 is 0 Å². The summed E-state index contributed by atoms with van der Waals surface area (Å²) < 4.78 is 5.10. The van der Waals surface area contributed by atoms with E-state index in [1.807, 2.05) is 60.8 Å². The van der Waals surface area contributed by atoms with Crippen LogP contribution < -0.4 is 0 Å². The fraction of sp³-hybridized carbons (Fsp3) is 0.133. The zero-order valence-corrected chi connectivity index (χ0v) is 10.9. The standard InChI is InChI=1S/C15H14O2S/c1-2-17-15(16)13(14-9-6-10-18-14)11-12-7-4-3-5-8-12/h3-11H,2H2,1H3/b13-11-. The Bertz CT molecular complexity index is 527. The van der Waals surface area contributed by atoms with E-state index in [0.29, 0.717) is 12.2 Å². The third-order valence-corrected chi connectivity index (χ3v) is 3.30. The SMILES string of the molecule is CCOC(=O)/C(=C\c1ccccc1)c1cccs1. The molecule has 18 heavy (non-hydrogen) atoms. The average molecular weight is 258 g/mol. The molecule has 2 aromatic rings. The average Bonchev–Trinajstić information content (AvgIpc) is 2.91. The van der Waals surface area contributed by atoms with Gasteiger partial charge in [0.05, 0.1) is 12.2 Å². The van der Waals surface area contributed by atoms with Crippen molar-refractivity contribution in [2.45, 2.75) is 6.92 Å². The molecule has 0 saturated heterocycles. The first-order valence-electron chi connectivity index (χ1n) is 5.79. The Kier molecular flexibility index (Phi) is 4.31. The van der Waals surface area contributed by atoms with Crippen molar-refractivity contribution in [3.8, 4) is 0 Å². The maximum atomic E-state index is 12.0. The maximum absolute atomic E-state index is 12.0. The molecule has 0 spiro atoms. The first kappa shape index (κ1) is 12.6. The van der Waals surface area contributed by atoms with Crippen molar-refractivity contribution in [2.75, 3.05) is 6.61 Å². The molecule has 0 bridgehead atoms. The summed E-state index contributed by atoms with van der Waals surface area (Å²) in [5.41, 5.74) is 1.60. The van der Waals surface area contributed by atoms with Gasteiger partial charge in [0.15, 0.2) is 0 Å². The highest BCUT2D eigenvalue weighted by Crippen LogP contribution is 2.24. The molecule has 2 rings (SSSR count). The Morgan fingerprint density at radius 1 is 1.22 bits per heavy atom. The third-order valence-electron chi connectivity index (χ3n) is 2.39. The van der Waals surface area contributed by atoms with Crippen LogP contribution in [0.5, 0.6) is 0 Å². The van der Waals surface area contributed by atoms with E-state index in [2.05, 4.69) is 0 Å². The van der Waals surface area contributed by atoms with Gasteiger partial charge in [-0.1, -0.05) is 36.4 Å². The van der Waals surface area contributed by atoms with Crippen molar-refractivity contribution in [2.24, 2.45) is 0 Å². The molecule has 92 valence electrons. The summed E-state index contributed by atoms with van der Waals surface area (Å²) >= 11 is 1.54. The van der Waals surface area contributed by atoms with E-state index < -0.39 is 0 Å². The van der Waals surface area contributed by atoms with Crippen LogP contribution in [0.3, 0.4) is 0 Å². The van der Waals surface area contributed by atoms with Gasteiger partial charge in [-0.2, -0.15) is 0 Å². The molecule has 1 heterocycles. The van der Waals surface area contributed by atoms with Crippen molar-refractivity contribution in [1.29, 1.82) is 0 Å². The van der Waals surface area contributed by atoms with Gasteiger partial charge < -0.3 is 4.74 Å². The molecule has 0 radical (unpaired) electrons. The number of carbonyl (C=O) groups excluding carboxylic acids is 1. The predicted molar refractivity (Wildman–Crippen MR) is 75.3 cm³/mol. The highest BCUT2D eigenvalue weighted by molar-refractivity contribution is 7.11. The Morgan fingerprint density at radius 2 is 2.00 bits per heavy atom. The summed E-state index contributed by atoms with van der Waals surface area (Å²) in [6, 6.07) is 13.6. The van der Waals surface area contributed by atoms with E-state index in [1.165, 1.54) is 11.3 Å². The molecule has 0 aliphatic rings. The van der Waals surface area contributed by atoms with Crippen LogP contribution in [0.25, 0.3) is 11.6 Å². The van der Waals surface area contributed by atoms with E-state index in [9.17, 15) is 4.79 Å². The lowest BCUT2D eigenvalue weighted by molar-refractivity contribution is -0.136. The monoisotopic (exact) mass is 258 g/mol. The lowest BCUT2D eigenvalue weighted by atomic mass is 10.1. The molecule has 1 aromatic heterocycles.